The van der Waals surface area contributed by atoms with E-state index >= 15 is 0 Å². The zero-order valence-corrected chi connectivity index (χ0v) is 11.1. The van der Waals surface area contributed by atoms with E-state index in [0.717, 1.165) is 18.8 Å². The highest BCUT2D eigenvalue weighted by molar-refractivity contribution is 7.80. The molecule has 98 valence electrons. The Hall–Kier alpha value is -0.130. The highest BCUT2D eigenvalue weighted by Crippen LogP contribution is 2.15. The van der Waals surface area contributed by atoms with Gasteiger partial charge in [-0.05, 0) is 12.3 Å². The van der Waals surface area contributed by atoms with Crippen LogP contribution in [0.3, 0.4) is 0 Å². The van der Waals surface area contributed by atoms with Crippen molar-refractivity contribution in [3.05, 3.63) is 0 Å². The van der Waals surface area contributed by atoms with Gasteiger partial charge in [0.15, 0.2) is 0 Å². The molecule has 0 radical (unpaired) electrons. The smallest absolute Gasteiger partial charge is 0.264 e. The van der Waals surface area contributed by atoms with Gasteiger partial charge in [0.1, 0.15) is 0 Å². The minimum absolute atomic E-state index is 0.0867. The Morgan fingerprint density at radius 2 is 1.75 bits per heavy atom. The van der Waals surface area contributed by atoms with Crippen LogP contribution in [0.15, 0.2) is 0 Å². The highest BCUT2D eigenvalue weighted by atomic mass is 32.3. The quantitative estimate of drug-likeness (QED) is 0.479. The zero-order chi connectivity index (χ0) is 12.4. The molecule has 0 saturated heterocycles. The molecular weight excluding hydrogens is 228 g/mol. The van der Waals surface area contributed by atoms with Gasteiger partial charge in [0.05, 0.1) is 6.61 Å². The van der Waals surface area contributed by atoms with Crippen molar-refractivity contribution in [2.45, 2.75) is 58.8 Å². The van der Waals surface area contributed by atoms with Gasteiger partial charge in [-0.2, -0.15) is 8.42 Å². The van der Waals surface area contributed by atoms with Gasteiger partial charge in [0.25, 0.3) is 0 Å². The highest BCUT2D eigenvalue weighted by Gasteiger charge is 2.03. The third kappa shape index (κ3) is 11.9. The van der Waals surface area contributed by atoms with Crippen LogP contribution < -0.4 is 0 Å². The van der Waals surface area contributed by atoms with Crippen LogP contribution in [-0.2, 0) is 14.6 Å². The van der Waals surface area contributed by atoms with E-state index in [1.165, 1.54) is 25.7 Å². The molecular formula is C11H24O4S. The predicted octanol–water partition coefficient (Wildman–Crippen LogP) is 3.19. The molecule has 0 amide bonds. The molecule has 4 nitrogen and oxygen atoms in total. The molecule has 1 unspecified atom stereocenters. The SMILES string of the molecule is CCCC(C)CCCCCCOS(=O)(=O)O. The van der Waals surface area contributed by atoms with E-state index < -0.39 is 10.4 Å². The van der Waals surface area contributed by atoms with E-state index in [9.17, 15) is 8.42 Å². The molecule has 1 N–H and O–H groups in total. The molecule has 1 atom stereocenters. The van der Waals surface area contributed by atoms with Gasteiger partial charge in [-0.15, -0.1) is 0 Å². The molecule has 0 aromatic rings. The van der Waals surface area contributed by atoms with Crippen molar-refractivity contribution in [1.29, 1.82) is 0 Å². The van der Waals surface area contributed by atoms with Crippen LogP contribution in [-0.4, -0.2) is 19.6 Å². The molecule has 0 aliphatic carbocycles. The molecule has 0 aliphatic heterocycles. The minimum atomic E-state index is -4.24. The molecule has 0 aromatic heterocycles. The lowest BCUT2D eigenvalue weighted by atomic mass is 9.98. The summed E-state index contributed by atoms with van der Waals surface area (Å²) in [4.78, 5) is 0. The van der Waals surface area contributed by atoms with Crippen LogP contribution in [0.2, 0.25) is 0 Å². The van der Waals surface area contributed by atoms with E-state index in [1.54, 1.807) is 0 Å². The Labute approximate surface area is 99.3 Å². The Morgan fingerprint density at radius 3 is 2.31 bits per heavy atom. The van der Waals surface area contributed by atoms with Gasteiger partial charge < -0.3 is 0 Å². The standard InChI is InChI=1S/C11H24O4S/c1-3-8-11(2)9-6-4-5-7-10-15-16(12,13)14/h11H,3-10H2,1-2H3,(H,12,13,14). The van der Waals surface area contributed by atoms with Crippen LogP contribution in [0.25, 0.3) is 0 Å². The molecule has 0 saturated carbocycles. The topological polar surface area (TPSA) is 63.6 Å². The fourth-order valence-corrected chi connectivity index (χ4v) is 2.08. The molecule has 5 heteroatoms. The van der Waals surface area contributed by atoms with Gasteiger partial charge in [-0.1, -0.05) is 52.4 Å². The van der Waals surface area contributed by atoms with Crippen LogP contribution in [0.4, 0.5) is 0 Å². The summed E-state index contributed by atoms with van der Waals surface area (Å²) in [5, 5.41) is 0. The Morgan fingerprint density at radius 1 is 1.12 bits per heavy atom. The van der Waals surface area contributed by atoms with Gasteiger partial charge in [0, 0.05) is 0 Å². The van der Waals surface area contributed by atoms with Crippen LogP contribution in [0.1, 0.15) is 58.8 Å². The number of unbranched alkanes of at least 4 members (excludes halogenated alkanes) is 3. The van der Waals surface area contributed by atoms with E-state index in [1.807, 2.05) is 0 Å². The zero-order valence-electron chi connectivity index (χ0n) is 10.3. The lowest BCUT2D eigenvalue weighted by Crippen LogP contribution is -2.04. The Kier molecular flexibility index (Phi) is 8.89. The second kappa shape index (κ2) is 8.96. The van der Waals surface area contributed by atoms with E-state index in [2.05, 4.69) is 18.0 Å². The maximum atomic E-state index is 10.2. The number of hydrogen-bond acceptors (Lipinski definition) is 3. The molecule has 0 aromatic carbocycles. The van der Waals surface area contributed by atoms with Gasteiger partial charge in [-0.3, -0.25) is 4.55 Å². The van der Waals surface area contributed by atoms with Crippen LogP contribution in [0, 0.1) is 5.92 Å². The summed E-state index contributed by atoms with van der Waals surface area (Å²) < 4.78 is 33.0. The maximum absolute atomic E-state index is 10.2. The molecule has 0 heterocycles. The lowest BCUT2D eigenvalue weighted by Gasteiger charge is -2.08. The van der Waals surface area contributed by atoms with Crippen LogP contribution >= 0.6 is 0 Å². The first kappa shape index (κ1) is 15.9. The first-order valence-corrected chi connectivity index (χ1v) is 7.44. The predicted molar refractivity (Wildman–Crippen MR) is 64.7 cm³/mol. The van der Waals surface area contributed by atoms with E-state index in [4.69, 9.17) is 4.55 Å². The Balaban J connectivity index is 3.22. The molecule has 0 rings (SSSR count). The summed E-state index contributed by atoms with van der Waals surface area (Å²) in [6, 6.07) is 0. The molecule has 0 bridgehead atoms. The van der Waals surface area contributed by atoms with E-state index in [0.29, 0.717) is 6.42 Å². The molecule has 0 fully saturated rings. The van der Waals surface area contributed by atoms with Crippen molar-refractivity contribution in [2.75, 3.05) is 6.61 Å². The summed E-state index contributed by atoms with van der Waals surface area (Å²) in [6.07, 6.45) is 7.69. The average molecular weight is 252 g/mol. The number of hydrogen-bond donors (Lipinski definition) is 1. The normalized spacial score (nSPS) is 13.9. The third-order valence-corrected chi connectivity index (χ3v) is 3.07. The number of rotatable bonds is 10. The lowest BCUT2D eigenvalue weighted by molar-refractivity contribution is 0.261. The van der Waals surface area contributed by atoms with Gasteiger partial charge in [-0.25, -0.2) is 4.18 Å². The first-order valence-electron chi connectivity index (χ1n) is 6.07. The summed E-state index contributed by atoms with van der Waals surface area (Å²) in [5.41, 5.74) is 0. The maximum Gasteiger partial charge on any atom is 0.397 e. The van der Waals surface area contributed by atoms with Crippen molar-refractivity contribution in [3.63, 3.8) is 0 Å². The summed E-state index contributed by atoms with van der Waals surface area (Å²) in [6.45, 7) is 4.55. The largest absolute Gasteiger partial charge is 0.397 e. The van der Waals surface area contributed by atoms with Gasteiger partial charge >= 0.3 is 10.4 Å². The van der Waals surface area contributed by atoms with Gasteiger partial charge in [0.2, 0.25) is 0 Å². The molecule has 0 spiro atoms. The fourth-order valence-electron chi connectivity index (χ4n) is 1.75. The molecule has 0 aliphatic rings. The van der Waals surface area contributed by atoms with Crippen molar-refractivity contribution < 1.29 is 17.2 Å². The van der Waals surface area contributed by atoms with Crippen molar-refractivity contribution in [2.24, 2.45) is 5.92 Å². The van der Waals surface area contributed by atoms with E-state index in [-0.39, 0.29) is 6.61 Å². The summed E-state index contributed by atoms with van der Waals surface area (Å²) in [5.74, 6) is 0.791. The minimum Gasteiger partial charge on any atom is -0.264 e. The summed E-state index contributed by atoms with van der Waals surface area (Å²) >= 11 is 0. The monoisotopic (exact) mass is 252 g/mol. The average Bonchev–Trinajstić information content (AvgIpc) is 2.15. The third-order valence-electron chi connectivity index (χ3n) is 2.60. The van der Waals surface area contributed by atoms with Crippen LogP contribution in [0.5, 0.6) is 0 Å². The van der Waals surface area contributed by atoms with Crippen molar-refractivity contribution >= 4 is 10.4 Å². The second-order valence-electron chi connectivity index (χ2n) is 4.35. The fraction of sp³-hybridized carbons (Fsp3) is 1.00. The Bertz CT molecular complexity index is 249. The second-order valence-corrected chi connectivity index (χ2v) is 5.44. The first-order chi connectivity index (χ1) is 7.45. The van der Waals surface area contributed by atoms with Crippen molar-refractivity contribution in [1.82, 2.24) is 0 Å². The molecule has 16 heavy (non-hydrogen) atoms. The van der Waals surface area contributed by atoms with Crippen molar-refractivity contribution in [3.8, 4) is 0 Å². The summed E-state index contributed by atoms with van der Waals surface area (Å²) in [7, 11) is -4.24.